The van der Waals surface area contributed by atoms with Gasteiger partial charge >= 0.3 is 12.5 Å². The standard InChI is InChI=1S/C11H11F3O3/c12-11(13,14)17-10(15)16-8-4-7-9-5-2-1-3-6-9/h1-3,5-6H,4,7-8H2. The van der Waals surface area contributed by atoms with Crippen molar-refractivity contribution in [2.75, 3.05) is 6.61 Å². The summed E-state index contributed by atoms with van der Waals surface area (Å²) in [7, 11) is 0. The van der Waals surface area contributed by atoms with Crippen molar-refractivity contribution in [2.24, 2.45) is 0 Å². The van der Waals surface area contributed by atoms with E-state index in [4.69, 9.17) is 0 Å². The van der Waals surface area contributed by atoms with Gasteiger partial charge in [0.05, 0.1) is 6.61 Å². The summed E-state index contributed by atoms with van der Waals surface area (Å²) < 4.78 is 42.0. The van der Waals surface area contributed by atoms with E-state index in [1.165, 1.54) is 0 Å². The van der Waals surface area contributed by atoms with Crippen molar-refractivity contribution in [2.45, 2.75) is 19.2 Å². The molecule has 3 nitrogen and oxygen atoms in total. The van der Waals surface area contributed by atoms with Gasteiger partial charge in [-0.15, -0.1) is 13.2 Å². The van der Waals surface area contributed by atoms with Crippen LogP contribution in [0.5, 0.6) is 0 Å². The largest absolute Gasteiger partial charge is 0.577 e. The number of hydrogen-bond donors (Lipinski definition) is 0. The van der Waals surface area contributed by atoms with Crippen molar-refractivity contribution in [1.29, 1.82) is 0 Å². The second-order valence-corrected chi connectivity index (χ2v) is 3.24. The Balaban J connectivity index is 2.14. The van der Waals surface area contributed by atoms with Crippen molar-refractivity contribution in [3.05, 3.63) is 35.9 Å². The fourth-order valence-corrected chi connectivity index (χ4v) is 1.20. The zero-order valence-corrected chi connectivity index (χ0v) is 8.87. The number of rotatable bonds is 4. The molecule has 6 heteroatoms. The molecule has 0 saturated carbocycles. The highest BCUT2D eigenvalue weighted by Gasteiger charge is 2.34. The zero-order chi connectivity index (χ0) is 12.7. The molecule has 0 aliphatic carbocycles. The van der Waals surface area contributed by atoms with Gasteiger partial charge in [0.2, 0.25) is 0 Å². The van der Waals surface area contributed by atoms with E-state index < -0.39 is 12.5 Å². The fourth-order valence-electron chi connectivity index (χ4n) is 1.20. The minimum atomic E-state index is -4.99. The highest BCUT2D eigenvalue weighted by molar-refractivity contribution is 5.59. The molecular weight excluding hydrogens is 237 g/mol. The van der Waals surface area contributed by atoms with Crippen LogP contribution in [0.3, 0.4) is 0 Å². The maximum absolute atomic E-state index is 11.6. The molecule has 0 bridgehead atoms. The van der Waals surface area contributed by atoms with Crippen molar-refractivity contribution < 1.29 is 27.4 Å². The van der Waals surface area contributed by atoms with Gasteiger partial charge in [-0.25, -0.2) is 4.79 Å². The van der Waals surface area contributed by atoms with Crippen LogP contribution in [0, 0.1) is 0 Å². The van der Waals surface area contributed by atoms with Crippen LogP contribution in [0.15, 0.2) is 30.3 Å². The number of carbonyl (C=O) groups excluding carboxylic acids is 1. The van der Waals surface area contributed by atoms with E-state index in [2.05, 4.69) is 9.47 Å². The number of halogens is 3. The molecule has 0 fully saturated rings. The molecule has 0 unspecified atom stereocenters. The van der Waals surface area contributed by atoms with E-state index in [0.717, 1.165) is 5.56 Å². The lowest BCUT2D eigenvalue weighted by Crippen LogP contribution is -2.20. The summed E-state index contributed by atoms with van der Waals surface area (Å²) >= 11 is 0. The topological polar surface area (TPSA) is 35.5 Å². The van der Waals surface area contributed by atoms with Crippen LogP contribution >= 0.6 is 0 Å². The highest BCUT2D eigenvalue weighted by atomic mass is 19.4. The van der Waals surface area contributed by atoms with E-state index in [1.54, 1.807) is 0 Å². The Morgan fingerprint density at radius 1 is 1.18 bits per heavy atom. The van der Waals surface area contributed by atoms with Crippen LogP contribution in [0.2, 0.25) is 0 Å². The van der Waals surface area contributed by atoms with Gasteiger partial charge in [0.1, 0.15) is 0 Å². The van der Waals surface area contributed by atoms with Crippen molar-refractivity contribution in [3.8, 4) is 0 Å². The van der Waals surface area contributed by atoms with Crippen molar-refractivity contribution in [1.82, 2.24) is 0 Å². The number of benzene rings is 1. The third-order valence-corrected chi connectivity index (χ3v) is 1.87. The van der Waals surface area contributed by atoms with E-state index in [0.29, 0.717) is 12.8 Å². The Bertz CT molecular complexity index is 349. The van der Waals surface area contributed by atoms with Gasteiger partial charge in [0.15, 0.2) is 0 Å². The van der Waals surface area contributed by atoms with Crippen LogP contribution in [-0.4, -0.2) is 19.1 Å². The highest BCUT2D eigenvalue weighted by Crippen LogP contribution is 2.17. The maximum Gasteiger partial charge on any atom is 0.577 e. The SMILES string of the molecule is O=C(OCCCc1ccccc1)OC(F)(F)F. The lowest BCUT2D eigenvalue weighted by Gasteiger charge is -2.07. The van der Waals surface area contributed by atoms with Crippen LogP contribution in [0.25, 0.3) is 0 Å². The quantitative estimate of drug-likeness (QED) is 0.605. The second kappa shape index (κ2) is 6.12. The maximum atomic E-state index is 11.6. The van der Waals surface area contributed by atoms with E-state index in [-0.39, 0.29) is 6.61 Å². The number of alkyl halides is 3. The number of aryl methyl sites for hydroxylation is 1. The van der Waals surface area contributed by atoms with Gasteiger partial charge in [-0.2, -0.15) is 0 Å². The molecule has 0 spiro atoms. The summed E-state index contributed by atoms with van der Waals surface area (Å²) in [6, 6.07) is 9.34. The molecule has 0 aromatic heterocycles. The van der Waals surface area contributed by atoms with Crippen molar-refractivity contribution >= 4 is 6.16 Å². The third-order valence-electron chi connectivity index (χ3n) is 1.87. The van der Waals surface area contributed by atoms with Gasteiger partial charge in [-0.05, 0) is 18.4 Å². The lowest BCUT2D eigenvalue weighted by atomic mass is 10.1. The molecule has 1 aromatic carbocycles. The summed E-state index contributed by atoms with van der Waals surface area (Å²) in [6.45, 7) is -0.107. The van der Waals surface area contributed by atoms with Gasteiger partial charge < -0.3 is 9.47 Å². The Morgan fingerprint density at radius 2 is 1.82 bits per heavy atom. The Morgan fingerprint density at radius 3 is 2.41 bits per heavy atom. The van der Waals surface area contributed by atoms with Gasteiger partial charge in [0, 0.05) is 0 Å². The van der Waals surface area contributed by atoms with Crippen LogP contribution in [0.1, 0.15) is 12.0 Å². The summed E-state index contributed by atoms with van der Waals surface area (Å²) in [4.78, 5) is 10.5. The molecule has 0 aliphatic rings. The molecular formula is C11H11F3O3. The van der Waals surface area contributed by atoms with Crippen molar-refractivity contribution in [3.63, 3.8) is 0 Å². The average molecular weight is 248 g/mol. The minimum Gasteiger partial charge on any atom is -0.434 e. The number of hydrogen-bond acceptors (Lipinski definition) is 3. The molecule has 17 heavy (non-hydrogen) atoms. The first-order valence-electron chi connectivity index (χ1n) is 4.94. The molecule has 0 radical (unpaired) electrons. The predicted octanol–water partition coefficient (Wildman–Crippen LogP) is 3.29. The molecule has 0 saturated heterocycles. The summed E-state index contributed by atoms with van der Waals surface area (Å²) in [5, 5.41) is 0. The van der Waals surface area contributed by atoms with Gasteiger partial charge in [-0.3, -0.25) is 0 Å². The van der Waals surface area contributed by atoms with E-state index >= 15 is 0 Å². The zero-order valence-electron chi connectivity index (χ0n) is 8.87. The second-order valence-electron chi connectivity index (χ2n) is 3.24. The van der Waals surface area contributed by atoms with E-state index in [9.17, 15) is 18.0 Å². The monoisotopic (exact) mass is 248 g/mol. The van der Waals surface area contributed by atoms with Crippen LogP contribution in [0.4, 0.5) is 18.0 Å². The number of carbonyl (C=O) groups is 1. The summed E-state index contributed by atoms with van der Waals surface area (Å²) in [6.07, 6.45) is -5.64. The van der Waals surface area contributed by atoms with Gasteiger partial charge in [0.25, 0.3) is 0 Å². The first-order chi connectivity index (χ1) is 7.97. The van der Waals surface area contributed by atoms with E-state index in [1.807, 2.05) is 30.3 Å². The molecule has 1 rings (SSSR count). The summed E-state index contributed by atoms with van der Waals surface area (Å²) in [5.41, 5.74) is 1.03. The molecule has 0 aliphatic heterocycles. The lowest BCUT2D eigenvalue weighted by molar-refractivity contribution is -0.299. The molecule has 94 valence electrons. The average Bonchev–Trinajstić information content (AvgIpc) is 2.23. The Hall–Kier alpha value is -1.72. The predicted molar refractivity (Wildman–Crippen MR) is 53.3 cm³/mol. The van der Waals surface area contributed by atoms with Gasteiger partial charge in [-0.1, -0.05) is 30.3 Å². The molecule has 0 N–H and O–H groups in total. The summed E-state index contributed by atoms with van der Waals surface area (Å²) in [5.74, 6) is 0. The normalized spacial score (nSPS) is 11.0. The third kappa shape index (κ3) is 6.44. The van der Waals surface area contributed by atoms with Crippen LogP contribution < -0.4 is 0 Å². The molecule has 1 aromatic rings. The smallest absolute Gasteiger partial charge is 0.434 e. The first-order valence-corrected chi connectivity index (χ1v) is 4.94. The molecule has 0 heterocycles. The Labute approximate surface area is 96.1 Å². The molecule has 0 atom stereocenters. The van der Waals surface area contributed by atoms with Crippen LogP contribution in [-0.2, 0) is 15.9 Å². The minimum absolute atomic E-state index is 0.107. The fraction of sp³-hybridized carbons (Fsp3) is 0.364. The molecule has 0 amide bonds. The first kappa shape index (κ1) is 13.3. The number of ether oxygens (including phenoxy) is 2. The Kier molecular flexibility index (Phi) is 4.81.